The predicted molar refractivity (Wildman–Crippen MR) is 105 cm³/mol. The van der Waals surface area contributed by atoms with Crippen LogP contribution in [0.15, 0.2) is 30.3 Å². The third-order valence-electron chi connectivity index (χ3n) is 5.16. The number of methoxy groups -OCH3 is 1. The number of hydrogen-bond acceptors (Lipinski definition) is 3. The zero-order valence-corrected chi connectivity index (χ0v) is 16.9. The van der Waals surface area contributed by atoms with Crippen molar-refractivity contribution in [3.8, 4) is 17.0 Å². The van der Waals surface area contributed by atoms with Crippen LogP contribution in [0.1, 0.15) is 21.6 Å². The van der Waals surface area contributed by atoms with Gasteiger partial charge in [-0.15, -0.1) is 0 Å². The Morgan fingerprint density at radius 2 is 1.90 bits per heavy atom. The van der Waals surface area contributed by atoms with E-state index in [1.165, 1.54) is 11.8 Å². The molecular formula is C21H17ClF3N3O2. The fourth-order valence-electron chi connectivity index (χ4n) is 3.75. The number of hydrogen-bond donors (Lipinski definition) is 0. The molecule has 1 aliphatic heterocycles. The van der Waals surface area contributed by atoms with Gasteiger partial charge < -0.3 is 9.64 Å². The van der Waals surface area contributed by atoms with E-state index in [0.29, 0.717) is 35.7 Å². The number of nitrogens with zero attached hydrogens (tertiary/aromatic N) is 3. The molecule has 0 atom stereocenters. The molecule has 4 rings (SSSR count). The highest BCUT2D eigenvalue weighted by molar-refractivity contribution is 6.35. The average molecular weight is 436 g/mol. The first-order valence-corrected chi connectivity index (χ1v) is 9.51. The molecule has 156 valence electrons. The molecule has 2 aromatic carbocycles. The van der Waals surface area contributed by atoms with Crippen molar-refractivity contribution in [3.05, 3.63) is 69.6 Å². The van der Waals surface area contributed by atoms with Gasteiger partial charge in [0, 0.05) is 24.7 Å². The maximum atomic E-state index is 13.7. The number of aromatic nitrogens is 2. The largest absolute Gasteiger partial charge is 0.495 e. The van der Waals surface area contributed by atoms with Gasteiger partial charge in [-0.25, -0.2) is 13.2 Å². The standard InChI is InChI=1S/C21H17ClF3N3O2/c1-27-20(11-8-14(23)19(25)15(24)9-11)12-6-7-28(10-16(12)26-27)21(29)13-4-3-5-17(30-2)18(13)22/h3-5,8-9H,6-7,10H2,1-2H3. The zero-order chi connectivity index (χ0) is 21.6. The molecule has 0 radical (unpaired) electrons. The van der Waals surface area contributed by atoms with Crippen molar-refractivity contribution in [1.29, 1.82) is 0 Å². The molecule has 0 fully saturated rings. The maximum absolute atomic E-state index is 13.7. The fraction of sp³-hybridized carbons (Fsp3) is 0.238. The number of ether oxygens (including phenoxy) is 1. The lowest BCUT2D eigenvalue weighted by atomic mass is 9.99. The molecule has 30 heavy (non-hydrogen) atoms. The van der Waals surface area contributed by atoms with E-state index in [1.54, 1.807) is 30.1 Å². The number of carbonyl (C=O) groups is 1. The first-order valence-electron chi connectivity index (χ1n) is 9.13. The highest BCUT2D eigenvalue weighted by atomic mass is 35.5. The Balaban J connectivity index is 1.67. The second-order valence-corrected chi connectivity index (χ2v) is 7.33. The highest BCUT2D eigenvalue weighted by Gasteiger charge is 2.29. The fourth-order valence-corrected chi connectivity index (χ4v) is 4.03. The molecule has 0 saturated carbocycles. The molecule has 1 aliphatic rings. The number of rotatable bonds is 3. The van der Waals surface area contributed by atoms with Crippen LogP contribution < -0.4 is 4.74 Å². The quantitative estimate of drug-likeness (QED) is 0.574. The molecule has 0 unspecified atom stereocenters. The summed E-state index contributed by atoms with van der Waals surface area (Å²) in [7, 11) is 3.11. The number of aryl methyl sites for hydroxylation is 1. The lowest BCUT2D eigenvalue weighted by Crippen LogP contribution is -2.36. The Hall–Kier alpha value is -3.00. The molecule has 0 aliphatic carbocycles. The van der Waals surface area contributed by atoms with Gasteiger partial charge >= 0.3 is 0 Å². The number of halogens is 4. The summed E-state index contributed by atoms with van der Waals surface area (Å²) in [5, 5.41) is 4.65. The molecule has 1 amide bonds. The molecule has 0 N–H and O–H groups in total. The van der Waals surface area contributed by atoms with Gasteiger partial charge in [0.2, 0.25) is 0 Å². The zero-order valence-electron chi connectivity index (χ0n) is 16.2. The number of amides is 1. The van der Waals surface area contributed by atoms with Crippen molar-refractivity contribution in [1.82, 2.24) is 14.7 Å². The molecule has 1 aromatic heterocycles. The first kappa shape index (κ1) is 20.3. The normalized spacial score (nSPS) is 13.3. The van der Waals surface area contributed by atoms with Crippen molar-refractivity contribution in [2.24, 2.45) is 7.05 Å². The minimum absolute atomic E-state index is 0.193. The minimum Gasteiger partial charge on any atom is -0.495 e. The Kier molecular flexibility index (Phi) is 5.19. The molecule has 0 saturated heterocycles. The number of fused-ring (bicyclic) bond motifs is 1. The van der Waals surface area contributed by atoms with Crippen LogP contribution in [0.3, 0.4) is 0 Å². The van der Waals surface area contributed by atoms with Crippen LogP contribution in [-0.4, -0.2) is 34.2 Å². The predicted octanol–water partition coefficient (Wildman–Crippen LogP) is 4.36. The van der Waals surface area contributed by atoms with Crippen molar-refractivity contribution in [2.75, 3.05) is 13.7 Å². The second-order valence-electron chi connectivity index (χ2n) is 6.95. The molecule has 9 heteroatoms. The summed E-state index contributed by atoms with van der Waals surface area (Å²) in [6.07, 6.45) is 0.423. The lowest BCUT2D eigenvalue weighted by Gasteiger charge is -2.27. The summed E-state index contributed by atoms with van der Waals surface area (Å²) >= 11 is 6.28. The van der Waals surface area contributed by atoms with E-state index in [0.717, 1.165) is 17.7 Å². The molecule has 2 heterocycles. The second kappa shape index (κ2) is 7.68. The van der Waals surface area contributed by atoms with Crippen LogP contribution in [0.2, 0.25) is 5.02 Å². The molecular weight excluding hydrogens is 419 g/mol. The summed E-state index contributed by atoms with van der Waals surface area (Å²) in [5.74, 6) is -3.90. The van der Waals surface area contributed by atoms with E-state index >= 15 is 0 Å². The van der Waals surface area contributed by atoms with Crippen molar-refractivity contribution < 1.29 is 22.7 Å². The van der Waals surface area contributed by atoms with Crippen LogP contribution in [0.5, 0.6) is 5.75 Å². The van der Waals surface area contributed by atoms with Gasteiger partial charge in [-0.05, 0) is 30.7 Å². The van der Waals surface area contributed by atoms with Crippen LogP contribution in [0.25, 0.3) is 11.3 Å². The summed E-state index contributed by atoms with van der Waals surface area (Å²) in [4.78, 5) is 14.6. The average Bonchev–Trinajstić information content (AvgIpc) is 3.06. The first-order chi connectivity index (χ1) is 14.3. The van der Waals surface area contributed by atoms with E-state index in [1.807, 2.05) is 0 Å². The van der Waals surface area contributed by atoms with E-state index in [9.17, 15) is 18.0 Å². The number of benzene rings is 2. The van der Waals surface area contributed by atoms with Gasteiger partial charge in [-0.1, -0.05) is 17.7 Å². The Labute approximate surface area is 175 Å². The monoisotopic (exact) mass is 435 g/mol. The summed E-state index contributed by atoms with van der Waals surface area (Å²) in [6, 6.07) is 6.87. The summed E-state index contributed by atoms with van der Waals surface area (Å²) in [6.45, 7) is 0.575. The van der Waals surface area contributed by atoms with Gasteiger partial charge in [0.05, 0.1) is 35.6 Å². The smallest absolute Gasteiger partial charge is 0.255 e. The van der Waals surface area contributed by atoms with Crippen LogP contribution in [0, 0.1) is 17.5 Å². The van der Waals surface area contributed by atoms with Crippen molar-refractivity contribution in [2.45, 2.75) is 13.0 Å². The summed E-state index contributed by atoms with van der Waals surface area (Å²) in [5.41, 5.74) is 2.38. The molecule has 0 bridgehead atoms. The van der Waals surface area contributed by atoms with Gasteiger partial charge in [-0.3, -0.25) is 9.48 Å². The third kappa shape index (κ3) is 3.31. The van der Waals surface area contributed by atoms with Gasteiger partial charge in [0.1, 0.15) is 5.75 Å². The van der Waals surface area contributed by atoms with Crippen LogP contribution >= 0.6 is 11.6 Å². The maximum Gasteiger partial charge on any atom is 0.255 e. The Morgan fingerprint density at radius 3 is 2.57 bits per heavy atom. The van der Waals surface area contributed by atoms with E-state index in [-0.39, 0.29) is 23.0 Å². The van der Waals surface area contributed by atoms with Crippen LogP contribution in [0.4, 0.5) is 13.2 Å². The summed E-state index contributed by atoms with van der Waals surface area (Å²) < 4.78 is 47.5. The third-order valence-corrected chi connectivity index (χ3v) is 5.55. The van der Waals surface area contributed by atoms with Crippen molar-refractivity contribution in [3.63, 3.8) is 0 Å². The van der Waals surface area contributed by atoms with Crippen LogP contribution in [-0.2, 0) is 20.0 Å². The molecule has 0 spiro atoms. The van der Waals surface area contributed by atoms with Gasteiger partial charge in [-0.2, -0.15) is 5.10 Å². The molecule has 5 nitrogen and oxygen atoms in total. The highest BCUT2D eigenvalue weighted by Crippen LogP contribution is 2.33. The lowest BCUT2D eigenvalue weighted by molar-refractivity contribution is 0.0732. The van der Waals surface area contributed by atoms with Gasteiger partial charge in [0.25, 0.3) is 5.91 Å². The Morgan fingerprint density at radius 1 is 1.20 bits per heavy atom. The SMILES string of the molecule is COc1cccc(C(=O)N2CCc3c(nn(C)c3-c3cc(F)c(F)c(F)c3)C2)c1Cl. The Bertz CT molecular complexity index is 1140. The topological polar surface area (TPSA) is 47.4 Å². The van der Waals surface area contributed by atoms with Gasteiger partial charge in [0.15, 0.2) is 17.5 Å². The van der Waals surface area contributed by atoms with Crippen molar-refractivity contribution >= 4 is 17.5 Å². The van der Waals surface area contributed by atoms with E-state index in [2.05, 4.69) is 5.10 Å². The minimum atomic E-state index is -1.51. The van der Waals surface area contributed by atoms with E-state index in [4.69, 9.17) is 16.3 Å². The molecule has 3 aromatic rings. The number of carbonyl (C=O) groups excluding carboxylic acids is 1. The van der Waals surface area contributed by atoms with E-state index < -0.39 is 17.5 Å².